The summed E-state index contributed by atoms with van der Waals surface area (Å²) in [5, 5.41) is 0. The Kier molecular flexibility index (Phi) is 7.29. The molecular weight excluding hydrogens is 136 g/mol. The number of hydrogen-bond donors (Lipinski definition) is 0. The average molecular weight is 154 g/mol. The van der Waals surface area contributed by atoms with Crippen LogP contribution in [0, 0.1) is 17.8 Å². The van der Waals surface area contributed by atoms with Gasteiger partial charge in [0.15, 0.2) is 0 Å². The quantitative estimate of drug-likeness (QED) is 0.446. The van der Waals surface area contributed by atoms with E-state index < -0.39 is 0 Å². The molecule has 64 valence electrons. The highest BCUT2D eigenvalue weighted by Gasteiger charge is 1.92. The molecule has 1 nitrogen and oxygen atoms in total. The molecular formula is C10H18O. The number of ether oxygens (including phenoxy) is 1. The van der Waals surface area contributed by atoms with Gasteiger partial charge in [0.25, 0.3) is 0 Å². The van der Waals surface area contributed by atoms with E-state index >= 15 is 0 Å². The molecule has 0 bridgehead atoms. The average Bonchev–Trinajstić information content (AvgIpc) is 2.04. The fraction of sp³-hybridized carbons (Fsp3) is 0.800. The van der Waals surface area contributed by atoms with E-state index in [-0.39, 0.29) is 0 Å². The number of rotatable bonds is 4. The molecule has 1 atom stereocenters. The van der Waals surface area contributed by atoms with Crippen molar-refractivity contribution in [2.75, 3.05) is 13.2 Å². The molecule has 0 aliphatic rings. The van der Waals surface area contributed by atoms with Crippen LogP contribution in [0.25, 0.3) is 0 Å². The van der Waals surface area contributed by atoms with Crippen molar-refractivity contribution in [1.29, 1.82) is 0 Å². The predicted molar refractivity (Wildman–Crippen MR) is 48.3 cm³/mol. The van der Waals surface area contributed by atoms with Crippen LogP contribution in [0.4, 0.5) is 0 Å². The Morgan fingerprint density at radius 2 is 2.00 bits per heavy atom. The molecule has 0 aromatic heterocycles. The van der Waals surface area contributed by atoms with E-state index in [1.165, 1.54) is 6.42 Å². The van der Waals surface area contributed by atoms with Crippen molar-refractivity contribution < 1.29 is 4.74 Å². The molecule has 1 heteroatoms. The van der Waals surface area contributed by atoms with Crippen LogP contribution >= 0.6 is 0 Å². The molecule has 0 N–H and O–H groups in total. The lowest BCUT2D eigenvalue weighted by molar-refractivity contribution is 0.182. The van der Waals surface area contributed by atoms with Crippen LogP contribution in [0.15, 0.2) is 0 Å². The van der Waals surface area contributed by atoms with Crippen LogP contribution < -0.4 is 0 Å². The van der Waals surface area contributed by atoms with Crippen molar-refractivity contribution in [3.8, 4) is 11.8 Å². The molecule has 0 saturated carbocycles. The Morgan fingerprint density at radius 1 is 1.27 bits per heavy atom. The first-order chi connectivity index (χ1) is 5.31. The standard InChI is InChI=1S/C10H18O/c1-4-10(3)8-6-7-9-11-5-2/h10H,4-5,8-9H2,1-3H3. The molecule has 11 heavy (non-hydrogen) atoms. The largest absolute Gasteiger partial charge is 0.369 e. The van der Waals surface area contributed by atoms with Gasteiger partial charge in [0.05, 0.1) is 0 Å². The molecule has 0 aliphatic heterocycles. The van der Waals surface area contributed by atoms with Gasteiger partial charge in [-0.25, -0.2) is 0 Å². The van der Waals surface area contributed by atoms with Crippen LogP contribution in [0.3, 0.4) is 0 Å². The lowest BCUT2D eigenvalue weighted by atomic mass is 10.1. The normalized spacial score (nSPS) is 11.9. The first kappa shape index (κ1) is 10.5. The van der Waals surface area contributed by atoms with Gasteiger partial charge in [-0.1, -0.05) is 26.2 Å². The summed E-state index contributed by atoms with van der Waals surface area (Å²) in [7, 11) is 0. The van der Waals surface area contributed by atoms with Gasteiger partial charge in [0.1, 0.15) is 6.61 Å². The maximum absolute atomic E-state index is 5.08. The molecule has 0 saturated heterocycles. The summed E-state index contributed by atoms with van der Waals surface area (Å²) in [5.74, 6) is 6.80. The van der Waals surface area contributed by atoms with Crippen LogP contribution in [-0.4, -0.2) is 13.2 Å². The van der Waals surface area contributed by atoms with E-state index in [4.69, 9.17) is 4.74 Å². The van der Waals surface area contributed by atoms with Gasteiger partial charge < -0.3 is 4.74 Å². The van der Waals surface area contributed by atoms with E-state index in [1.807, 2.05) is 6.92 Å². The Balaban J connectivity index is 3.24. The van der Waals surface area contributed by atoms with Crippen LogP contribution in [0.1, 0.15) is 33.6 Å². The summed E-state index contributed by atoms with van der Waals surface area (Å²) in [6.45, 7) is 7.74. The summed E-state index contributed by atoms with van der Waals surface area (Å²) < 4.78 is 5.08. The predicted octanol–water partition coefficient (Wildman–Crippen LogP) is 2.46. The van der Waals surface area contributed by atoms with E-state index in [9.17, 15) is 0 Å². The lowest BCUT2D eigenvalue weighted by Crippen LogP contribution is -1.91. The second-order valence-corrected chi connectivity index (χ2v) is 2.71. The zero-order valence-electron chi connectivity index (χ0n) is 7.81. The Labute approximate surface area is 70.1 Å². The van der Waals surface area contributed by atoms with Gasteiger partial charge in [-0.15, -0.1) is 5.92 Å². The minimum absolute atomic E-state index is 0.590. The lowest BCUT2D eigenvalue weighted by Gasteiger charge is -1.99. The fourth-order valence-corrected chi connectivity index (χ4v) is 0.595. The van der Waals surface area contributed by atoms with Crippen molar-refractivity contribution in [3.63, 3.8) is 0 Å². The summed E-state index contributed by atoms with van der Waals surface area (Å²) in [4.78, 5) is 0. The zero-order chi connectivity index (χ0) is 8.53. The molecule has 0 aromatic rings. The second-order valence-electron chi connectivity index (χ2n) is 2.71. The fourth-order valence-electron chi connectivity index (χ4n) is 0.595. The first-order valence-corrected chi connectivity index (χ1v) is 4.34. The van der Waals surface area contributed by atoms with Crippen LogP contribution in [0.2, 0.25) is 0 Å². The highest BCUT2D eigenvalue weighted by molar-refractivity contribution is 4.99. The third kappa shape index (κ3) is 7.42. The molecule has 0 spiro atoms. The minimum Gasteiger partial charge on any atom is -0.369 e. The Hall–Kier alpha value is -0.480. The van der Waals surface area contributed by atoms with E-state index in [2.05, 4.69) is 25.7 Å². The molecule has 0 aliphatic carbocycles. The molecule has 0 rings (SSSR count). The minimum atomic E-state index is 0.590. The van der Waals surface area contributed by atoms with Gasteiger partial charge in [-0.3, -0.25) is 0 Å². The highest BCUT2D eigenvalue weighted by atomic mass is 16.5. The van der Waals surface area contributed by atoms with Gasteiger partial charge in [-0.05, 0) is 12.8 Å². The van der Waals surface area contributed by atoms with Crippen molar-refractivity contribution in [2.24, 2.45) is 5.92 Å². The SMILES string of the molecule is CCOCC#CCC(C)CC. The highest BCUT2D eigenvalue weighted by Crippen LogP contribution is 2.03. The van der Waals surface area contributed by atoms with Gasteiger partial charge in [0, 0.05) is 13.0 Å². The van der Waals surface area contributed by atoms with E-state index in [0.717, 1.165) is 18.9 Å². The summed E-state index contributed by atoms with van der Waals surface area (Å²) >= 11 is 0. The Morgan fingerprint density at radius 3 is 2.55 bits per heavy atom. The summed E-state index contributed by atoms with van der Waals surface area (Å²) in [6, 6.07) is 0. The Bertz CT molecular complexity index is 130. The van der Waals surface area contributed by atoms with Gasteiger partial charge in [-0.2, -0.15) is 0 Å². The van der Waals surface area contributed by atoms with Gasteiger partial charge in [0.2, 0.25) is 0 Å². The van der Waals surface area contributed by atoms with Crippen molar-refractivity contribution in [2.45, 2.75) is 33.6 Å². The molecule has 0 amide bonds. The molecule has 0 fully saturated rings. The zero-order valence-corrected chi connectivity index (χ0v) is 7.81. The monoisotopic (exact) mass is 154 g/mol. The van der Waals surface area contributed by atoms with Crippen molar-refractivity contribution >= 4 is 0 Å². The number of hydrogen-bond acceptors (Lipinski definition) is 1. The van der Waals surface area contributed by atoms with Crippen LogP contribution in [-0.2, 0) is 4.74 Å². The molecule has 1 unspecified atom stereocenters. The molecule has 0 radical (unpaired) electrons. The molecule has 0 heterocycles. The van der Waals surface area contributed by atoms with Crippen molar-refractivity contribution in [3.05, 3.63) is 0 Å². The van der Waals surface area contributed by atoms with E-state index in [0.29, 0.717) is 6.61 Å². The maximum Gasteiger partial charge on any atom is 0.107 e. The second kappa shape index (κ2) is 7.63. The van der Waals surface area contributed by atoms with Crippen LogP contribution in [0.5, 0.6) is 0 Å². The third-order valence-corrected chi connectivity index (χ3v) is 1.65. The smallest absolute Gasteiger partial charge is 0.107 e. The van der Waals surface area contributed by atoms with E-state index in [1.54, 1.807) is 0 Å². The topological polar surface area (TPSA) is 9.23 Å². The summed E-state index contributed by atoms with van der Waals surface area (Å²) in [5.41, 5.74) is 0. The molecule has 0 aromatic carbocycles. The summed E-state index contributed by atoms with van der Waals surface area (Å²) in [6.07, 6.45) is 2.22. The van der Waals surface area contributed by atoms with Gasteiger partial charge >= 0.3 is 0 Å². The maximum atomic E-state index is 5.08. The third-order valence-electron chi connectivity index (χ3n) is 1.65. The van der Waals surface area contributed by atoms with Crippen molar-refractivity contribution in [1.82, 2.24) is 0 Å². The first-order valence-electron chi connectivity index (χ1n) is 4.34.